The van der Waals surface area contributed by atoms with Gasteiger partial charge >= 0.3 is 0 Å². The molecule has 0 saturated heterocycles. The zero-order valence-corrected chi connectivity index (χ0v) is 10.9. The number of para-hydroxylation sites is 1. The van der Waals surface area contributed by atoms with Gasteiger partial charge in [0, 0.05) is 17.1 Å². The van der Waals surface area contributed by atoms with Crippen molar-refractivity contribution in [2.24, 2.45) is 5.84 Å². The van der Waals surface area contributed by atoms with Crippen molar-refractivity contribution in [1.82, 2.24) is 10.4 Å². The summed E-state index contributed by atoms with van der Waals surface area (Å²) in [5.41, 5.74) is 4.07. The summed E-state index contributed by atoms with van der Waals surface area (Å²) in [5.74, 6) is 5.37. The van der Waals surface area contributed by atoms with Crippen LogP contribution in [-0.2, 0) is 10.2 Å². The average Bonchev–Trinajstić information content (AvgIpc) is 2.91. The van der Waals surface area contributed by atoms with Crippen LogP contribution in [0.4, 0.5) is 0 Å². The van der Waals surface area contributed by atoms with Crippen LogP contribution in [0.1, 0.15) is 37.7 Å². The number of nitrogens with one attached hydrogen (secondary N) is 2. The summed E-state index contributed by atoms with van der Waals surface area (Å²) in [5, 5.41) is 1.13. The SMILES string of the molecule is NNC(=O)C1(c2c[nH]c3ccccc23)CCCCC1. The number of rotatable bonds is 2. The second-order valence-electron chi connectivity index (χ2n) is 5.36. The summed E-state index contributed by atoms with van der Waals surface area (Å²) in [6, 6.07) is 8.12. The van der Waals surface area contributed by atoms with Gasteiger partial charge in [-0.15, -0.1) is 0 Å². The molecule has 0 unspecified atom stereocenters. The Hall–Kier alpha value is -1.81. The fraction of sp³-hybridized carbons (Fsp3) is 0.400. The van der Waals surface area contributed by atoms with E-state index in [4.69, 9.17) is 5.84 Å². The van der Waals surface area contributed by atoms with Gasteiger partial charge in [-0.3, -0.25) is 10.2 Å². The molecule has 1 aromatic carbocycles. The third-order valence-electron chi connectivity index (χ3n) is 4.38. The predicted octanol–water partition coefficient (Wildman–Crippen LogP) is 2.36. The molecular formula is C15H19N3O. The minimum absolute atomic E-state index is 0.0584. The topological polar surface area (TPSA) is 70.9 Å². The minimum Gasteiger partial charge on any atom is -0.361 e. The lowest BCUT2D eigenvalue weighted by atomic mass is 9.69. The van der Waals surface area contributed by atoms with Crippen LogP contribution in [-0.4, -0.2) is 10.9 Å². The Labute approximate surface area is 112 Å². The summed E-state index contributed by atoms with van der Waals surface area (Å²) < 4.78 is 0. The number of amides is 1. The number of nitrogens with two attached hydrogens (primary N) is 1. The van der Waals surface area contributed by atoms with E-state index in [0.717, 1.165) is 42.1 Å². The van der Waals surface area contributed by atoms with Crippen LogP contribution in [0.5, 0.6) is 0 Å². The van der Waals surface area contributed by atoms with E-state index in [1.165, 1.54) is 6.42 Å². The Morgan fingerprint density at radius 2 is 1.95 bits per heavy atom. The molecule has 0 radical (unpaired) electrons. The monoisotopic (exact) mass is 257 g/mol. The van der Waals surface area contributed by atoms with Crippen LogP contribution in [0, 0.1) is 0 Å². The first-order valence-electron chi connectivity index (χ1n) is 6.85. The lowest BCUT2D eigenvalue weighted by molar-refractivity contribution is -0.128. The first-order valence-corrected chi connectivity index (χ1v) is 6.85. The van der Waals surface area contributed by atoms with Crippen LogP contribution in [0.25, 0.3) is 10.9 Å². The molecule has 0 aliphatic heterocycles. The van der Waals surface area contributed by atoms with Crippen molar-refractivity contribution < 1.29 is 4.79 Å². The van der Waals surface area contributed by atoms with Gasteiger partial charge in [-0.2, -0.15) is 0 Å². The Bertz CT molecular complexity index is 596. The van der Waals surface area contributed by atoms with Gasteiger partial charge in [-0.1, -0.05) is 37.5 Å². The summed E-state index contributed by atoms with van der Waals surface area (Å²) >= 11 is 0. The fourth-order valence-corrected chi connectivity index (χ4v) is 3.38. The highest BCUT2D eigenvalue weighted by Crippen LogP contribution is 2.42. The van der Waals surface area contributed by atoms with E-state index in [-0.39, 0.29) is 5.91 Å². The van der Waals surface area contributed by atoms with Gasteiger partial charge in [0.1, 0.15) is 0 Å². The van der Waals surface area contributed by atoms with E-state index < -0.39 is 5.41 Å². The third kappa shape index (κ3) is 1.83. The second-order valence-corrected chi connectivity index (χ2v) is 5.36. The molecule has 1 aromatic heterocycles. The Morgan fingerprint density at radius 3 is 2.68 bits per heavy atom. The molecule has 1 saturated carbocycles. The highest BCUT2D eigenvalue weighted by Gasteiger charge is 2.42. The van der Waals surface area contributed by atoms with Crippen LogP contribution in [0.3, 0.4) is 0 Å². The molecule has 1 aliphatic carbocycles. The molecule has 4 N–H and O–H groups in total. The summed E-state index contributed by atoms with van der Waals surface area (Å²) in [6.45, 7) is 0. The standard InChI is InChI=1S/C15H19N3O/c16-18-14(19)15(8-4-1-5-9-15)12-10-17-13-7-3-2-6-11(12)13/h2-3,6-7,10,17H,1,4-5,8-9,16H2,(H,18,19). The molecule has 1 fully saturated rings. The number of hydrogen-bond donors (Lipinski definition) is 3. The molecule has 0 bridgehead atoms. The van der Waals surface area contributed by atoms with Crippen molar-refractivity contribution in [3.8, 4) is 0 Å². The lowest BCUT2D eigenvalue weighted by Gasteiger charge is -2.35. The normalized spacial score (nSPS) is 18.4. The van der Waals surface area contributed by atoms with Crippen LogP contribution >= 0.6 is 0 Å². The Morgan fingerprint density at radius 1 is 1.21 bits per heavy atom. The quantitative estimate of drug-likeness (QED) is 0.439. The van der Waals surface area contributed by atoms with Gasteiger partial charge in [-0.05, 0) is 24.5 Å². The maximum Gasteiger partial charge on any atom is 0.244 e. The molecular weight excluding hydrogens is 238 g/mol. The number of hydrogen-bond acceptors (Lipinski definition) is 2. The highest BCUT2D eigenvalue weighted by atomic mass is 16.2. The van der Waals surface area contributed by atoms with E-state index in [2.05, 4.69) is 16.5 Å². The van der Waals surface area contributed by atoms with Crippen molar-refractivity contribution in [2.45, 2.75) is 37.5 Å². The molecule has 1 amide bonds. The number of carbonyl (C=O) groups excluding carboxylic acids is 1. The van der Waals surface area contributed by atoms with Crippen molar-refractivity contribution in [1.29, 1.82) is 0 Å². The van der Waals surface area contributed by atoms with Gasteiger partial charge in [-0.25, -0.2) is 5.84 Å². The molecule has 1 heterocycles. The number of fused-ring (bicyclic) bond motifs is 1. The fourth-order valence-electron chi connectivity index (χ4n) is 3.38. The van der Waals surface area contributed by atoms with Gasteiger partial charge in [0.15, 0.2) is 0 Å². The van der Waals surface area contributed by atoms with Crippen LogP contribution in [0.2, 0.25) is 0 Å². The molecule has 4 heteroatoms. The Kier molecular flexibility index (Phi) is 3.03. The predicted molar refractivity (Wildman–Crippen MR) is 75.4 cm³/mol. The molecule has 2 aromatic rings. The minimum atomic E-state index is -0.466. The zero-order valence-electron chi connectivity index (χ0n) is 10.9. The first-order chi connectivity index (χ1) is 9.28. The molecule has 0 spiro atoms. The van der Waals surface area contributed by atoms with Gasteiger partial charge < -0.3 is 4.98 Å². The maximum atomic E-state index is 12.4. The number of aromatic nitrogens is 1. The number of benzene rings is 1. The second kappa shape index (κ2) is 4.70. The van der Waals surface area contributed by atoms with Crippen molar-refractivity contribution >= 4 is 16.8 Å². The Balaban J connectivity index is 2.16. The third-order valence-corrected chi connectivity index (χ3v) is 4.38. The largest absolute Gasteiger partial charge is 0.361 e. The first kappa shape index (κ1) is 12.2. The molecule has 3 rings (SSSR count). The summed E-state index contributed by atoms with van der Waals surface area (Å²) in [6.07, 6.45) is 7.07. The average molecular weight is 257 g/mol. The lowest BCUT2D eigenvalue weighted by Crippen LogP contribution is -2.48. The van der Waals surface area contributed by atoms with Crippen molar-refractivity contribution in [2.75, 3.05) is 0 Å². The molecule has 100 valence electrons. The van der Waals surface area contributed by atoms with Gasteiger partial charge in [0.25, 0.3) is 0 Å². The van der Waals surface area contributed by atoms with Gasteiger partial charge in [0.05, 0.1) is 5.41 Å². The van der Waals surface area contributed by atoms with E-state index in [0.29, 0.717) is 0 Å². The van der Waals surface area contributed by atoms with E-state index in [9.17, 15) is 4.79 Å². The van der Waals surface area contributed by atoms with Crippen molar-refractivity contribution in [3.63, 3.8) is 0 Å². The van der Waals surface area contributed by atoms with E-state index in [1.807, 2.05) is 24.4 Å². The van der Waals surface area contributed by atoms with E-state index >= 15 is 0 Å². The van der Waals surface area contributed by atoms with Crippen LogP contribution < -0.4 is 11.3 Å². The molecule has 19 heavy (non-hydrogen) atoms. The number of aromatic amines is 1. The molecule has 1 aliphatic rings. The summed E-state index contributed by atoms with van der Waals surface area (Å²) in [7, 11) is 0. The number of hydrazine groups is 1. The molecule has 0 atom stereocenters. The molecule has 4 nitrogen and oxygen atoms in total. The van der Waals surface area contributed by atoms with Gasteiger partial charge in [0.2, 0.25) is 5.91 Å². The smallest absolute Gasteiger partial charge is 0.244 e. The number of H-pyrrole nitrogens is 1. The van der Waals surface area contributed by atoms with E-state index in [1.54, 1.807) is 0 Å². The maximum absolute atomic E-state index is 12.4. The number of carbonyl (C=O) groups is 1. The zero-order chi connectivity index (χ0) is 13.3. The van der Waals surface area contributed by atoms with Crippen molar-refractivity contribution in [3.05, 3.63) is 36.0 Å². The highest BCUT2D eigenvalue weighted by molar-refractivity contribution is 5.95. The summed E-state index contributed by atoms with van der Waals surface area (Å²) in [4.78, 5) is 15.6. The van der Waals surface area contributed by atoms with Crippen LogP contribution in [0.15, 0.2) is 30.5 Å².